The van der Waals surface area contributed by atoms with Gasteiger partial charge in [-0.2, -0.15) is 0 Å². The van der Waals surface area contributed by atoms with Crippen molar-refractivity contribution in [2.45, 2.75) is 5.92 Å². The van der Waals surface area contributed by atoms with Crippen LogP contribution in [0.25, 0.3) is 22.5 Å². The topological polar surface area (TPSA) is 115 Å². The van der Waals surface area contributed by atoms with Crippen LogP contribution in [0.1, 0.15) is 11.7 Å². The lowest BCUT2D eigenvalue weighted by Crippen LogP contribution is -2.31. The summed E-state index contributed by atoms with van der Waals surface area (Å²) in [6.07, 6.45) is 0. The quantitative estimate of drug-likeness (QED) is 0.762. The number of nitrogens with two attached hydrogens (primary N) is 2. The van der Waals surface area contributed by atoms with Crippen molar-refractivity contribution in [1.82, 2.24) is 15.2 Å². The maximum absolute atomic E-state index is 5.89. The first-order valence-corrected chi connectivity index (χ1v) is 7.76. The smallest absolute Gasteiger partial charge is 0.169 e. The maximum Gasteiger partial charge on any atom is 0.169 e. The summed E-state index contributed by atoms with van der Waals surface area (Å²) in [5, 5.41) is 16.3. The number of hydrogen-bond acceptors (Lipinski definition) is 7. The van der Waals surface area contributed by atoms with E-state index in [1.165, 1.54) is 0 Å². The molecule has 0 bridgehead atoms. The van der Waals surface area contributed by atoms with Gasteiger partial charge in [0.1, 0.15) is 29.0 Å². The molecule has 1 aliphatic heterocycles. The molecule has 2 heterocycles. The van der Waals surface area contributed by atoms with Crippen molar-refractivity contribution in [2.24, 2.45) is 21.7 Å². The van der Waals surface area contributed by atoms with Crippen molar-refractivity contribution in [1.29, 1.82) is 0 Å². The third kappa shape index (κ3) is 2.72. The molecule has 0 atom stereocenters. The molecule has 25 heavy (non-hydrogen) atoms. The molecule has 0 saturated heterocycles. The molecular weight excluding hydrogens is 314 g/mol. The molecule has 0 amide bonds. The van der Waals surface area contributed by atoms with Gasteiger partial charge in [-0.1, -0.05) is 60.7 Å². The second kappa shape index (κ2) is 6.12. The van der Waals surface area contributed by atoms with Crippen molar-refractivity contribution < 1.29 is 0 Å². The van der Waals surface area contributed by atoms with E-state index < -0.39 is 5.92 Å². The SMILES string of the molecule is NC1=NN=C(N)C1c1nnc(-c2ccccc2)c(-c2ccccc2)n1. The van der Waals surface area contributed by atoms with Gasteiger partial charge < -0.3 is 11.5 Å². The zero-order valence-corrected chi connectivity index (χ0v) is 13.2. The Morgan fingerprint density at radius 2 is 1.16 bits per heavy atom. The van der Waals surface area contributed by atoms with Crippen LogP contribution in [0.2, 0.25) is 0 Å². The Morgan fingerprint density at radius 3 is 1.72 bits per heavy atom. The molecule has 2 aromatic carbocycles. The highest BCUT2D eigenvalue weighted by Gasteiger charge is 2.29. The normalized spacial score (nSPS) is 14.2. The van der Waals surface area contributed by atoms with Gasteiger partial charge in [-0.15, -0.1) is 20.4 Å². The van der Waals surface area contributed by atoms with Crippen LogP contribution >= 0.6 is 0 Å². The summed E-state index contributed by atoms with van der Waals surface area (Å²) in [5.74, 6) is 0.384. The van der Waals surface area contributed by atoms with E-state index in [-0.39, 0.29) is 11.7 Å². The van der Waals surface area contributed by atoms with E-state index in [0.717, 1.165) is 11.1 Å². The number of hydrogen-bond donors (Lipinski definition) is 2. The Morgan fingerprint density at radius 1 is 0.640 bits per heavy atom. The molecule has 0 aliphatic carbocycles. The third-order valence-electron chi connectivity index (χ3n) is 3.93. The molecule has 0 spiro atoms. The van der Waals surface area contributed by atoms with Crippen LogP contribution in [0.4, 0.5) is 0 Å². The average Bonchev–Trinajstić information content (AvgIpc) is 3.01. The first-order valence-electron chi connectivity index (χ1n) is 7.76. The molecule has 1 aliphatic rings. The average molecular weight is 329 g/mol. The molecule has 0 radical (unpaired) electrons. The molecule has 0 fully saturated rings. The van der Waals surface area contributed by atoms with Crippen LogP contribution in [0.15, 0.2) is 70.9 Å². The summed E-state index contributed by atoms with van der Waals surface area (Å²) in [5.41, 5.74) is 15.0. The Labute approximate surface area is 144 Å². The minimum Gasteiger partial charge on any atom is -0.385 e. The summed E-state index contributed by atoms with van der Waals surface area (Å²) in [6, 6.07) is 19.6. The lowest BCUT2D eigenvalue weighted by molar-refractivity contribution is 0.870. The predicted molar refractivity (Wildman–Crippen MR) is 96.7 cm³/mol. The van der Waals surface area contributed by atoms with E-state index >= 15 is 0 Å². The zero-order chi connectivity index (χ0) is 17.2. The number of rotatable bonds is 3. The second-order valence-electron chi connectivity index (χ2n) is 5.58. The van der Waals surface area contributed by atoms with Gasteiger partial charge in [-0.3, -0.25) is 0 Å². The molecule has 4 N–H and O–H groups in total. The molecule has 4 rings (SSSR count). The summed E-state index contributed by atoms with van der Waals surface area (Å²) in [7, 11) is 0. The molecule has 7 nitrogen and oxygen atoms in total. The monoisotopic (exact) mass is 329 g/mol. The van der Waals surface area contributed by atoms with E-state index in [0.29, 0.717) is 17.2 Å². The standard InChI is InChI=1S/C18H15N7/c19-16-13(17(20)24-23-16)18-21-14(11-7-3-1-4-8-11)15(22-25-18)12-9-5-2-6-10-12/h1-10,13H,(H2,19,23)(H2,20,24). The van der Waals surface area contributed by atoms with Gasteiger partial charge in [-0.25, -0.2) is 4.98 Å². The van der Waals surface area contributed by atoms with E-state index in [1.54, 1.807) is 0 Å². The van der Waals surface area contributed by atoms with Crippen molar-refractivity contribution in [3.8, 4) is 22.5 Å². The highest BCUT2D eigenvalue weighted by molar-refractivity contribution is 6.11. The van der Waals surface area contributed by atoms with Crippen LogP contribution < -0.4 is 11.5 Å². The first-order chi connectivity index (χ1) is 12.2. The van der Waals surface area contributed by atoms with E-state index in [2.05, 4.69) is 20.4 Å². The van der Waals surface area contributed by atoms with Crippen molar-refractivity contribution in [2.75, 3.05) is 0 Å². The molecule has 0 saturated carbocycles. The fraction of sp³-hybridized carbons (Fsp3) is 0.0556. The van der Waals surface area contributed by atoms with Crippen molar-refractivity contribution in [3.63, 3.8) is 0 Å². The second-order valence-corrected chi connectivity index (χ2v) is 5.58. The summed E-state index contributed by atoms with van der Waals surface area (Å²) in [4.78, 5) is 4.71. The molecule has 0 unspecified atom stereocenters. The van der Waals surface area contributed by atoms with E-state index in [1.807, 2.05) is 60.7 Å². The Bertz CT molecular complexity index is 947. The fourth-order valence-corrected chi connectivity index (χ4v) is 2.70. The summed E-state index contributed by atoms with van der Waals surface area (Å²) < 4.78 is 0. The minimum absolute atomic E-state index is 0.269. The molecule has 1 aromatic heterocycles. The van der Waals surface area contributed by atoms with E-state index in [4.69, 9.17) is 16.5 Å². The van der Waals surface area contributed by atoms with Crippen molar-refractivity contribution >= 4 is 11.7 Å². The van der Waals surface area contributed by atoms with Gasteiger partial charge in [-0.05, 0) is 0 Å². The van der Waals surface area contributed by atoms with Gasteiger partial charge in [0, 0.05) is 11.1 Å². The number of amidine groups is 2. The molecule has 3 aromatic rings. The Kier molecular flexibility index (Phi) is 3.66. The van der Waals surface area contributed by atoms with E-state index in [9.17, 15) is 0 Å². The van der Waals surface area contributed by atoms with Gasteiger partial charge in [0.05, 0.1) is 0 Å². The number of aromatic nitrogens is 3. The fourth-order valence-electron chi connectivity index (χ4n) is 2.70. The van der Waals surface area contributed by atoms with Gasteiger partial charge in [0.15, 0.2) is 5.82 Å². The number of benzene rings is 2. The lowest BCUT2D eigenvalue weighted by Gasteiger charge is -2.13. The van der Waals surface area contributed by atoms with Gasteiger partial charge in [0.25, 0.3) is 0 Å². The maximum atomic E-state index is 5.89. The number of nitrogens with zero attached hydrogens (tertiary/aromatic N) is 5. The largest absolute Gasteiger partial charge is 0.385 e. The third-order valence-corrected chi connectivity index (χ3v) is 3.93. The Hall–Kier alpha value is -3.61. The van der Waals surface area contributed by atoms with Crippen LogP contribution in [0.3, 0.4) is 0 Å². The highest BCUT2D eigenvalue weighted by atomic mass is 15.3. The zero-order valence-electron chi connectivity index (χ0n) is 13.2. The highest BCUT2D eigenvalue weighted by Crippen LogP contribution is 2.29. The predicted octanol–water partition coefficient (Wildman–Crippen LogP) is 1.93. The summed E-state index contributed by atoms with van der Waals surface area (Å²) >= 11 is 0. The lowest BCUT2D eigenvalue weighted by atomic mass is 10.0. The molecule has 122 valence electrons. The van der Waals surface area contributed by atoms with Crippen LogP contribution in [-0.4, -0.2) is 26.9 Å². The van der Waals surface area contributed by atoms with Crippen LogP contribution in [0.5, 0.6) is 0 Å². The van der Waals surface area contributed by atoms with Gasteiger partial charge in [0.2, 0.25) is 0 Å². The Balaban J connectivity index is 1.89. The van der Waals surface area contributed by atoms with Crippen LogP contribution in [0, 0.1) is 0 Å². The van der Waals surface area contributed by atoms with Crippen LogP contribution in [-0.2, 0) is 0 Å². The van der Waals surface area contributed by atoms with Gasteiger partial charge >= 0.3 is 0 Å². The minimum atomic E-state index is -0.542. The first kappa shape index (κ1) is 14.9. The summed E-state index contributed by atoms with van der Waals surface area (Å²) in [6.45, 7) is 0. The van der Waals surface area contributed by atoms with Crippen molar-refractivity contribution in [3.05, 3.63) is 66.5 Å². The molecule has 7 heteroatoms. The molecular formula is C18H15N7.